The number of rotatable bonds is 6. The molecule has 0 saturated carbocycles. The SMILES string of the molecule is COc1ccc(Nc2cc(C)c3cc(NC(=O)c4ccc(OC)cc4)ccc3n2)cc1. The number of methoxy groups -OCH3 is 2. The van der Waals surface area contributed by atoms with Gasteiger partial charge in [-0.3, -0.25) is 4.79 Å². The molecule has 0 bridgehead atoms. The van der Waals surface area contributed by atoms with E-state index in [0.717, 1.165) is 33.7 Å². The van der Waals surface area contributed by atoms with Crippen LogP contribution in [0.2, 0.25) is 0 Å². The third-order valence-corrected chi connectivity index (χ3v) is 4.99. The lowest BCUT2D eigenvalue weighted by Crippen LogP contribution is -2.11. The number of aryl methyl sites for hydroxylation is 1. The number of hydrogen-bond donors (Lipinski definition) is 2. The minimum absolute atomic E-state index is 0.176. The number of fused-ring (bicyclic) bond motifs is 1. The van der Waals surface area contributed by atoms with Crippen LogP contribution in [0.4, 0.5) is 17.2 Å². The van der Waals surface area contributed by atoms with Crippen LogP contribution in [-0.2, 0) is 0 Å². The predicted octanol–water partition coefficient (Wildman–Crippen LogP) is 5.56. The molecule has 1 heterocycles. The average Bonchev–Trinajstić information content (AvgIpc) is 2.80. The van der Waals surface area contributed by atoms with Gasteiger partial charge in [0.2, 0.25) is 0 Å². The van der Waals surface area contributed by atoms with Crippen LogP contribution in [0.5, 0.6) is 11.5 Å². The van der Waals surface area contributed by atoms with Crippen molar-refractivity contribution in [3.05, 3.63) is 83.9 Å². The molecule has 0 radical (unpaired) electrons. The molecule has 31 heavy (non-hydrogen) atoms. The fourth-order valence-electron chi connectivity index (χ4n) is 3.30. The molecule has 6 heteroatoms. The van der Waals surface area contributed by atoms with Gasteiger partial charge in [-0.15, -0.1) is 0 Å². The van der Waals surface area contributed by atoms with E-state index < -0.39 is 0 Å². The van der Waals surface area contributed by atoms with E-state index in [0.29, 0.717) is 17.0 Å². The van der Waals surface area contributed by atoms with Crippen molar-refractivity contribution < 1.29 is 14.3 Å². The zero-order valence-corrected chi connectivity index (χ0v) is 17.6. The third-order valence-electron chi connectivity index (χ3n) is 4.99. The maximum absolute atomic E-state index is 12.6. The molecule has 4 aromatic rings. The smallest absolute Gasteiger partial charge is 0.255 e. The van der Waals surface area contributed by atoms with Crippen molar-refractivity contribution in [2.24, 2.45) is 0 Å². The van der Waals surface area contributed by atoms with Crippen LogP contribution in [0.3, 0.4) is 0 Å². The molecule has 2 N–H and O–H groups in total. The molecule has 6 nitrogen and oxygen atoms in total. The normalized spacial score (nSPS) is 10.5. The van der Waals surface area contributed by atoms with Gasteiger partial charge in [0.05, 0.1) is 19.7 Å². The quantitative estimate of drug-likeness (QED) is 0.433. The summed E-state index contributed by atoms with van der Waals surface area (Å²) in [5.74, 6) is 2.09. The maximum atomic E-state index is 12.6. The first-order valence-corrected chi connectivity index (χ1v) is 9.83. The first kappa shape index (κ1) is 20.2. The zero-order valence-electron chi connectivity index (χ0n) is 17.6. The Bertz CT molecular complexity index is 1220. The van der Waals surface area contributed by atoms with Gasteiger partial charge in [-0.25, -0.2) is 4.98 Å². The number of anilines is 3. The molecule has 156 valence electrons. The summed E-state index contributed by atoms with van der Waals surface area (Å²) in [5, 5.41) is 7.24. The monoisotopic (exact) mass is 413 g/mol. The second kappa shape index (κ2) is 8.75. The van der Waals surface area contributed by atoms with E-state index in [2.05, 4.69) is 10.6 Å². The first-order valence-electron chi connectivity index (χ1n) is 9.83. The third kappa shape index (κ3) is 4.59. The Balaban J connectivity index is 1.53. The minimum Gasteiger partial charge on any atom is -0.497 e. The molecule has 3 aromatic carbocycles. The van der Waals surface area contributed by atoms with Gasteiger partial charge < -0.3 is 20.1 Å². The highest BCUT2D eigenvalue weighted by molar-refractivity contribution is 6.05. The van der Waals surface area contributed by atoms with E-state index in [-0.39, 0.29) is 5.91 Å². The second-order valence-electron chi connectivity index (χ2n) is 7.09. The fourth-order valence-corrected chi connectivity index (χ4v) is 3.30. The van der Waals surface area contributed by atoms with Gasteiger partial charge >= 0.3 is 0 Å². The lowest BCUT2D eigenvalue weighted by atomic mass is 10.1. The number of amides is 1. The van der Waals surface area contributed by atoms with Gasteiger partial charge in [0.15, 0.2) is 0 Å². The molecule has 0 unspecified atom stereocenters. The van der Waals surface area contributed by atoms with Gasteiger partial charge in [-0.2, -0.15) is 0 Å². The summed E-state index contributed by atoms with van der Waals surface area (Å²) in [6.07, 6.45) is 0. The van der Waals surface area contributed by atoms with Gasteiger partial charge in [0.1, 0.15) is 17.3 Å². The summed E-state index contributed by atoms with van der Waals surface area (Å²) in [5.41, 5.74) is 4.11. The number of carbonyl (C=O) groups excluding carboxylic acids is 1. The molecular formula is C25H23N3O3. The van der Waals surface area contributed by atoms with Crippen molar-refractivity contribution in [3.8, 4) is 11.5 Å². The number of benzene rings is 3. The van der Waals surface area contributed by atoms with Crippen molar-refractivity contribution in [1.29, 1.82) is 0 Å². The number of ether oxygens (including phenoxy) is 2. The topological polar surface area (TPSA) is 72.5 Å². The van der Waals surface area contributed by atoms with Crippen LogP contribution < -0.4 is 20.1 Å². The van der Waals surface area contributed by atoms with Gasteiger partial charge in [0, 0.05) is 22.3 Å². The molecule has 4 rings (SSSR count). The predicted molar refractivity (Wildman–Crippen MR) is 124 cm³/mol. The molecule has 0 fully saturated rings. The van der Waals surface area contributed by atoms with E-state index in [4.69, 9.17) is 14.5 Å². The fraction of sp³-hybridized carbons (Fsp3) is 0.120. The van der Waals surface area contributed by atoms with Crippen LogP contribution in [0.25, 0.3) is 10.9 Å². The Kier molecular flexibility index (Phi) is 5.71. The summed E-state index contributed by atoms with van der Waals surface area (Å²) in [4.78, 5) is 17.3. The summed E-state index contributed by atoms with van der Waals surface area (Å²) in [6.45, 7) is 2.03. The molecule has 1 aromatic heterocycles. The summed E-state index contributed by atoms with van der Waals surface area (Å²) in [7, 11) is 3.24. The van der Waals surface area contributed by atoms with Crippen LogP contribution in [-0.4, -0.2) is 25.1 Å². The maximum Gasteiger partial charge on any atom is 0.255 e. The van der Waals surface area contributed by atoms with Gasteiger partial charge in [-0.05, 0) is 85.3 Å². The minimum atomic E-state index is -0.176. The Morgan fingerprint density at radius 3 is 2.06 bits per heavy atom. The zero-order chi connectivity index (χ0) is 21.8. The van der Waals surface area contributed by atoms with Gasteiger partial charge in [-0.1, -0.05) is 0 Å². The van der Waals surface area contributed by atoms with E-state index in [1.807, 2.05) is 55.5 Å². The summed E-state index contributed by atoms with van der Waals surface area (Å²) >= 11 is 0. The van der Waals surface area contributed by atoms with E-state index in [9.17, 15) is 4.79 Å². The Morgan fingerprint density at radius 1 is 0.806 bits per heavy atom. The van der Waals surface area contributed by atoms with Crippen molar-refractivity contribution in [1.82, 2.24) is 4.98 Å². The van der Waals surface area contributed by atoms with E-state index in [1.54, 1.807) is 38.5 Å². The Hall–Kier alpha value is -4.06. The van der Waals surface area contributed by atoms with E-state index >= 15 is 0 Å². The lowest BCUT2D eigenvalue weighted by molar-refractivity contribution is 0.102. The Morgan fingerprint density at radius 2 is 1.42 bits per heavy atom. The largest absolute Gasteiger partial charge is 0.497 e. The standard InChI is InChI=1S/C25H23N3O3/c1-16-14-24(26-18-6-11-21(31-3)12-7-18)28-23-13-8-19(15-22(16)23)27-25(29)17-4-9-20(30-2)10-5-17/h4-15H,1-3H3,(H,26,28)(H,27,29). The number of pyridine rings is 1. The van der Waals surface area contributed by atoms with E-state index in [1.165, 1.54) is 0 Å². The molecular weight excluding hydrogens is 390 g/mol. The molecule has 0 aliphatic heterocycles. The molecule has 0 spiro atoms. The molecule has 1 amide bonds. The van der Waals surface area contributed by atoms with Crippen molar-refractivity contribution in [2.75, 3.05) is 24.9 Å². The highest BCUT2D eigenvalue weighted by Gasteiger charge is 2.09. The van der Waals surface area contributed by atoms with Crippen molar-refractivity contribution in [3.63, 3.8) is 0 Å². The highest BCUT2D eigenvalue weighted by atomic mass is 16.5. The van der Waals surface area contributed by atoms with Crippen LogP contribution in [0.1, 0.15) is 15.9 Å². The van der Waals surface area contributed by atoms with Gasteiger partial charge in [0.25, 0.3) is 5.91 Å². The summed E-state index contributed by atoms with van der Waals surface area (Å²) < 4.78 is 10.3. The summed E-state index contributed by atoms with van der Waals surface area (Å²) in [6, 6.07) is 22.4. The second-order valence-corrected chi connectivity index (χ2v) is 7.09. The number of carbonyl (C=O) groups is 1. The molecule has 0 aliphatic carbocycles. The number of nitrogens with one attached hydrogen (secondary N) is 2. The van der Waals surface area contributed by atoms with Crippen LogP contribution in [0, 0.1) is 6.92 Å². The van der Waals surface area contributed by atoms with Crippen LogP contribution in [0.15, 0.2) is 72.8 Å². The first-order chi connectivity index (χ1) is 15.1. The number of hydrogen-bond acceptors (Lipinski definition) is 5. The van der Waals surface area contributed by atoms with Crippen molar-refractivity contribution >= 4 is 34.0 Å². The highest BCUT2D eigenvalue weighted by Crippen LogP contribution is 2.26. The van der Waals surface area contributed by atoms with Crippen molar-refractivity contribution in [2.45, 2.75) is 6.92 Å². The molecule has 0 aliphatic rings. The number of nitrogens with zero attached hydrogens (tertiary/aromatic N) is 1. The molecule has 0 saturated heterocycles. The average molecular weight is 413 g/mol. The number of aromatic nitrogens is 1. The molecule has 0 atom stereocenters. The Labute approximate surface area is 180 Å². The van der Waals surface area contributed by atoms with Crippen LogP contribution >= 0.6 is 0 Å². The lowest BCUT2D eigenvalue weighted by Gasteiger charge is -2.11.